The first-order chi connectivity index (χ1) is 13.8. The standard InChI is InChI=1S/C19H27N3O3.C2H4O2/c20-16-12-14(6-7-17(16)23)18(24)21-15-8-10-22(11-9-15)19(25)13-4-2-1-3-5-13;1-2(3)4/h1-5,14-17,23H,6-12,20H2,(H,21,24);1H3,(H,3,4)/t14-,16+,17+;/m0./s1. The SMILES string of the molecule is CC(=O)O.N[C@@H]1C[C@@H](C(=O)NC2CCN(C(=O)c3ccccc3)CC2)CC[C@H]1O. The summed E-state index contributed by atoms with van der Waals surface area (Å²) in [5.41, 5.74) is 6.58. The Hall–Kier alpha value is -2.45. The van der Waals surface area contributed by atoms with Crippen LogP contribution < -0.4 is 11.1 Å². The number of nitrogens with one attached hydrogen (secondary N) is 1. The fourth-order valence-corrected chi connectivity index (χ4v) is 3.74. The van der Waals surface area contributed by atoms with Crippen molar-refractivity contribution in [1.29, 1.82) is 0 Å². The number of benzene rings is 1. The smallest absolute Gasteiger partial charge is 0.300 e. The van der Waals surface area contributed by atoms with E-state index in [9.17, 15) is 14.7 Å². The molecule has 5 N–H and O–H groups in total. The van der Waals surface area contributed by atoms with Crippen LogP contribution in [0.3, 0.4) is 0 Å². The number of aliphatic hydroxyl groups is 1. The molecule has 0 unspecified atom stereocenters. The average Bonchev–Trinajstić information content (AvgIpc) is 2.70. The van der Waals surface area contributed by atoms with Gasteiger partial charge in [0.15, 0.2) is 0 Å². The van der Waals surface area contributed by atoms with Crippen molar-refractivity contribution in [3.05, 3.63) is 35.9 Å². The van der Waals surface area contributed by atoms with E-state index in [1.165, 1.54) is 0 Å². The van der Waals surface area contributed by atoms with Gasteiger partial charge in [-0.2, -0.15) is 0 Å². The second-order valence-corrected chi connectivity index (χ2v) is 7.70. The van der Waals surface area contributed by atoms with Gasteiger partial charge in [-0.05, 0) is 44.2 Å². The number of carboxylic acid groups (broad SMARTS) is 1. The maximum absolute atomic E-state index is 12.4. The number of nitrogens with two attached hydrogens (primary N) is 1. The molecule has 1 aliphatic carbocycles. The number of aliphatic carboxylic acids is 1. The van der Waals surface area contributed by atoms with Gasteiger partial charge >= 0.3 is 0 Å². The van der Waals surface area contributed by atoms with Crippen molar-refractivity contribution in [2.24, 2.45) is 11.7 Å². The molecule has 160 valence electrons. The minimum absolute atomic E-state index is 0.0372. The van der Waals surface area contributed by atoms with Crippen molar-refractivity contribution < 1.29 is 24.6 Å². The summed E-state index contributed by atoms with van der Waals surface area (Å²) in [6.45, 7) is 2.39. The largest absolute Gasteiger partial charge is 0.481 e. The second kappa shape index (κ2) is 10.9. The van der Waals surface area contributed by atoms with Crippen molar-refractivity contribution in [2.75, 3.05) is 13.1 Å². The number of amides is 2. The Labute approximate surface area is 171 Å². The Morgan fingerprint density at radius 1 is 1.07 bits per heavy atom. The third-order valence-corrected chi connectivity index (χ3v) is 5.38. The van der Waals surface area contributed by atoms with Crippen LogP contribution >= 0.6 is 0 Å². The molecule has 3 rings (SSSR count). The van der Waals surface area contributed by atoms with Crippen LogP contribution in [-0.4, -0.2) is 64.2 Å². The zero-order chi connectivity index (χ0) is 21.4. The van der Waals surface area contributed by atoms with Gasteiger partial charge < -0.3 is 26.2 Å². The molecule has 0 radical (unpaired) electrons. The van der Waals surface area contributed by atoms with Crippen LogP contribution in [0, 0.1) is 5.92 Å². The van der Waals surface area contributed by atoms with Crippen LogP contribution in [0.15, 0.2) is 30.3 Å². The number of carboxylic acids is 1. The molecule has 1 heterocycles. The van der Waals surface area contributed by atoms with Gasteiger partial charge in [-0.3, -0.25) is 14.4 Å². The van der Waals surface area contributed by atoms with Crippen LogP contribution in [0.4, 0.5) is 0 Å². The first-order valence-electron chi connectivity index (χ1n) is 10.1. The highest BCUT2D eigenvalue weighted by molar-refractivity contribution is 5.94. The van der Waals surface area contributed by atoms with E-state index in [1.54, 1.807) is 0 Å². The van der Waals surface area contributed by atoms with E-state index >= 15 is 0 Å². The van der Waals surface area contributed by atoms with E-state index in [-0.39, 0.29) is 29.8 Å². The first kappa shape index (κ1) is 22.8. The summed E-state index contributed by atoms with van der Waals surface area (Å²) >= 11 is 0. The van der Waals surface area contributed by atoms with Gasteiger partial charge in [0.25, 0.3) is 11.9 Å². The molecule has 0 aromatic heterocycles. The lowest BCUT2D eigenvalue weighted by Gasteiger charge is -2.35. The molecule has 8 heteroatoms. The van der Waals surface area contributed by atoms with Crippen LogP contribution in [0.5, 0.6) is 0 Å². The van der Waals surface area contributed by atoms with Crippen molar-refractivity contribution in [2.45, 2.75) is 57.2 Å². The topological polar surface area (TPSA) is 133 Å². The third kappa shape index (κ3) is 7.14. The number of aliphatic hydroxyl groups excluding tert-OH is 1. The number of hydrogen-bond donors (Lipinski definition) is 4. The Morgan fingerprint density at radius 2 is 1.66 bits per heavy atom. The fourth-order valence-electron chi connectivity index (χ4n) is 3.74. The predicted octanol–water partition coefficient (Wildman–Crippen LogP) is 0.987. The molecular weight excluding hydrogens is 374 g/mol. The maximum Gasteiger partial charge on any atom is 0.300 e. The summed E-state index contributed by atoms with van der Waals surface area (Å²) in [7, 11) is 0. The highest BCUT2D eigenvalue weighted by Crippen LogP contribution is 2.24. The summed E-state index contributed by atoms with van der Waals surface area (Å²) in [4.78, 5) is 35.7. The molecule has 1 aromatic rings. The summed E-state index contributed by atoms with van der Waals surface area (Å²) in [6, 6.07) is 9.09. The van der Waals surface area contributed by atoms with Crippen LogP contribution in [-0.2, 0) is 9.59 Å². The molecule has 0 spiro atoms. The van der Waals surface area contributed by atoms with Crippen LogP contribution in [0.1, 0.15) is 49.4 Å². The van der Waals surface area contributed by atoms with Gasteiger partial charge in [-0.15, -0.1) is 0 Å². The number of likely N-dealkylation sites (tertiary alicyclic amines) is 1. The normalized spacial score (nSPS) is 24.8. The molecule has 1 saturated heterocycles. The minimum Gasteiger partial charge on any atom is -0.481 e. The lowest BCUT2D eigenvalue weighted by atomic mass is 9.83. The summed E-state index contributed by atoms with van der Waals surface area (Å²) in [5, 5.41) is 20.2. The molecule has 8 nitrogen and oxygen atoms in total. The van der Waals surface area contributed by atoms with E-state index in [0.717, 1.165) is 19.8 Å². The average molecular weight is 405 g/mol. The van der Waals surface area contributed by atoms with Gasteiger partial charge in [0.05, 0.1) is 6.10 Å². The number of nitrogens with zero attached hydrogens (tertiary/aromatic N) is 1. The van der Waals surface area contributed by atoms with Gasteiger partial charge in [0.1, 0.15) is 0 Å². The third-order valence-electron chi connectivity index (χ3n) is 5.38. The number of carbonyl (C=O) groups is 3. The lowest BCUT2D eigenvalue weighted by Crippen LogP contribution is -2.50. The van der Waals surface area contributed by atoms with Gasteiger partial charge in [-0.1, -0.05) is 18.2 Å². The van der Waals surface area contributed by atoms with Crippen LogP contribution in [0.2, 0.25) is 0 Å². The van der Waals surface area contributed by atoms with Crippen molar-refractivity contribution in [3.63, 3.8) is 0 Å². The Bertz CT molecular complexity index is 685. The lowest BCUT2D eigenvalue weighted by molar-refractivity contribution is -0.134. The second-order valence-electron chi connectivity index (χ2n) is 7.70. The molecule has 3 atom stereocenters. The number of rotatable bonds is 3. The molecule has 1 aromatic carbocycles. The molecule has 2 fully saturated rings. The molecule has 1 saturated carbocycles. The maximum atomic E-state index is 12.4. The monoisotopic (exact) mass is 405 g/mol. The number of piperidine rings is 1. The molecule has 29 heavy (non-hydrogen) atoms. The first-order valence-corrected chi connectivity index (χ1v) is 10.1. The zero-order valence-corrected chi connectivity index (χ0v) is 16.8. The highest BCUT2D eigenvalue weighted by Gasteiger charge is 2.32. The van der Waals surface area contributed by atoms with Crippen LogP contribution in [0.25, 0.3) is 0 Å². The molecule has 0 bridgehead atoms. The van der Waals surface area contributed by atoms with Gasteiger partial charge in [0, 0.05) is 43.6 Å². The highest BCUT2D eigenvalue weighted by atomic mass is 16.4. The Morgan fingerprint density at radius 3 is 2.21 bits per heavy atom. The van der Waals surface area contributed by atoms with Crippen molar-refractivity contribution in [1.82, 2.24) is 10.2 Å². The molecule has 2 amide bonds. The Kier molecular flexibility index (Phi) is 8.60. The molecule has 1 aliphatic heterocycles. The van der Waals surface area contributed by atoms with Crippen molar-refractivity contribution in [3.8, 4) is 0 Å². The summed E-state index contributed by atoms with van der Waals surface area (Å²) < 4.78 is 0. The van der Waals surface area contributed by atoms with E-state index < -0.39 is 12.1 Å². The Balaban J connectivity index is 0.000000687. The van der Waals surface area contributed by atoms with Crippen molar-refractivity contribution >= 4 is 17.8 Å². The number of hydrogen-bond acceptors (Lipinski definition) is 5. The predicted molar refractivity (Wildman–Crippen MR) is 108 cm³/mol. The van der Waals surface area contributed by atoms with E-state index in [1.807, 2.05) is 35.2 Å². The quantitative estimate of drug-likeness (QED) is 0.593. The van der Waals surface area contributed by atoms with Gasteiger partial charge in [-0.25, -0.2) is 0 Å². The zero-order valence-electron chi connectivity index (χ0n) is 16.8. The van der Waals surface area contributed by atoms with Gasteiger partial charge in [0.2, 0.25) is 5.91 Å². The fraction of sp³-hybridized carbons (Fsp3) is 0.571. The molecule has 2 aliphatic rings. The van der Waals surface area contributed by atoms with E-state index in [0.29, 0.717) is 37.9 Å². The number of carbonyl (C=O) groups excluding carboxylic acids is 2. The molecular formula is C21H31N3O5. The van der Waals surface area contributed by atoms with E-state index in [2.05, 4.69) is 5.32 Å². The summed E-state index contributed by atoms with van der Waals surface area (Å²) in [5.74, 6) is -0.852. The van der Waals surface area contributed by atoms with E-state index in [4.69, 9.17) is 15.6 Å². The minimum atomic E-state index is -0.833. The summed E-state index contributed by atoms with van der Waals surface area (Å²) in [6.07, 6.45) is 2.86.